The molecule has 1 aromatic rings. The molecular formula is C11H10BrClO2. The van der Waals surface area contributed by atoms with Crippen LogP contribution in [0.5, 0.6) is 0 Å². The number of Topliss-reactive ketones (excluding diaryl/α,β-unsaturated/α-hetero) is 1. The van der Waals surface area contributed by atoms with Crippen molar-refractivity contribution < 1.29 is 9.59 Å². The van der Waals surface area contributed by atoms with Crippen LogP contribution in [0.4, 0.5) is 0 Å². The van der Waals surface area contributed by atoms with Crippen molar-refractivity contribution in [3.05, 3.63) is 34.9 Å². The van der Waals surface area contributed by atoms with Crippen molar-refractivity contribution in [2.24, 2.45) is 0 Å². The summed E-state index contributed by atoms with van der Waals surface area (Å²) in [7, 11) is 0. The zero-order valence-electron chi connectivity index (χ0n) is 8.17. The number of carbonyl (C=O) groups is 2. The fraction of sp³-hybridized carbons (Fsp3) is 0.273. The van der Waals surface area contributed by atoms with E-state index in [2.05, 4.69) is 15.9 Å². The van der Waals surface area contributed by atoms with Crippen LogP contribution >= 0.6 is 27.5 Å². The fourth-order valence-electron chi connectivity index (χ4n) is 1.36. The Labute approximate surface area is 102 Å². The molecule has 0 radical (unpaired) electrons. The van der Waals surface area contributed by atoms with Crippen molar-refractivity contribution in [3.63, 3.8) is 0 Å². The molecular weight excluding hydrogens is 279 g/mol. The Morgan fingerprint density at radius 1 is 1.60 bits per heavy atom. The molecule has 0 aliphatic rings. The zero-order valence-corrected chi connectivity index (χ0v) is 10.5. The lowest BCUT2D eigenvalue weighted by Crippen LogP contribution is -2.07. The van der Waals surface area contributed by atoms with Crippen LogP contribution in [-0.2, 0) is 10.7 Å². The number of carbonyl (C=O) groups excluding carboxylic acids is 2. The van der Waals surface area contributed by atoms with Crippen LogP contribution in [0.1, 0.15) is 33.2 Å². The Morgan fingerprint density at radius 2 is 2.27 bits per heavy atom. The molecule has 4 heteroatoms. The van der Waals surface area contributed by atoms with Gasteiger partial charge >= 0.3 is 0 Å². The molecule has 1 unspecified atom stereocenters. The van der Waals surface area contributed by atoms with Gasteiger partial charge in [0.1, 0.15) is 12.1 Å². The number of ketones is 1. The highest BCUT2D eigenvalue weighted by Crippen LogP contribution is 2.30. The van der Waals surface area contributed by atoms with E-state index in [1.807, 2.05) is 6.07 Å². The summed E-state index contributed by atoms with van der Waals surface area (Å²) >= 11 is 9.03. The quantitative estimate of drug-likeness (QED) is 0.630. The van der Waals surface area contributed by atoms with Crippen molar-refractivity contribution in [1.82, 2.24) is 0 Å². The van der Waals surface area contributed by atoms with Crippen molar-refractivity contribution in [2.45, 2.75) is 17.6 Å². The molecule has 1 rings (SSSR count). The molecule has 0 spiro atoms. The van der Waals surface area contributed by atoms with Gasteiger partial charge in [-0.3, -0.25) is 9.59 Å². The first-order chi connectivity index (χ1) is 7.11. The van der Waals surface area contributed by atoms with Gasteiger partial charge in [-0.2, -0.15) is 0 Å². The van der Waals surface area contributed by atoms with E-state index in [-0.39, 0.29) is 11.7 Å². The topological polar surface area (TPSA) is 34.1 Å². The molecule has 0 aliphatic heterocycles. The second-order valence-corrected chi connectivity index (χ2v) is 4.33. The van der Waals surface area contributed by atoms with Gasteiger partial charge in [0.15, 0.2) is 0 Å². The van der Waals surface area contributed by atoms with Gasteiger partial charge in [-0.1, -0.05) is 34.1 Å². The highest BCUT2D eigenvalue weighted by atomic mass is 79.9. The Kier molecular flexibility index (Phi) is 4.48. The second-order valence-electron chi connectivity index (χ2n) is 3.14. The minimum atomic E-state index is -0.465. The highest BCUT2D eigenvalue weighted by molar-refractivity contribution is 9.09. The molecule has 2 nitrogen and oxygen atoms in total. The average molecular weight is 290 g/mol. The molecule has 0 bridgehead atoms. The molecule has 0 heterocycles. The molecule has 0 fully saturated rings. The second kappa shape index (κ2) is 5.42. The maximum atomic E-state index is 11.3. The molecule has 0 amide bonds. The third kappa shape index (κ3) is 2.67. The number of aldehydes is 1. The van der Waals surface area contributed by atoms with Crippen LogP contribution in [0.25, 0.3) is 0 Å². The first-order valence-corrected chi connectivity index (χ1v) is 5.84. The summed E-state index contributed by atoms with van der Waals surface area (Å²) in [6.45, 7) is 1.47. The van der Waals surface area contributed by atoms with Gasteiger partial charge in [-0.25, -0.2) is 0 Å². The fourth-order valence-corrected chi connectivity index (χ4v) is 2.16. The van der Waals surface area contributed by atoms with Crippen LogP contribution < -0.4 is 0 Å². The van der Waals surface area contributed by atoms with Crippen LogP contribution in [-0.4, -0.2) is 12.1 Å². The maximum Gasteiger partial charge on any atom is 0.150 e. The summed E-state index contributed by atoms with van der Waals surface area (Å²) < 4.78 is 0. The molecule has 0 saturated carbocycles. The number of alkyl halides is 2. The van der Waals surface area contributed by atoms with Gasteiger partial charge in [0.05, 0.1) is 4.83 Å². The molecule has 15 heavy (non-hydrogen) atoms. The van der Waals surface area contributed by atoms with E-state index in [0.717, 1.165) is 11.8 Å². The molecule has 1 atom stereocenters. The first kappa shape index (κ1) is 12.4. The number of halogens is 2. The van der Waals surface area contributed by atoms with E-state index in [1.165, 1.54) is 6.92 Å². The van der Waals surface area contributed by atoms with Gasteiger partial charge in [-0.15, -0.1) is 11.6 Å². The van der Waals surface area contributed by atoms with Gasteiger partial charge < -0.3 is 0 Å². The lowest BCUT2D eigenvalue weighted by molar-refractivity contribution is -0.116. The number of benzene rings is 1. The van der Waals surface area contributed by atoms with Crippen LogP contribution in [0.15, 0.2) is 18.2 Å². The smallest absolute Gasteiger partial charge is 0.150 e. The van der Waals surface area contributed by atoms with E-state index >= 15 is 0 Å². The minimum Gasteiger partial charge on any atom is -0.298 e. The van der Waals surface area contributed by atoms with Gasteiger partial charge in [-0.05, 0) is 18.1 Å². The van der Waals surface area contributed by atoms with Crippen LogP contribution in [0, 0.1) is 0 Å². The maximum absolute atomic E-state index is 11.3. The Bertz CT molecular complexity index is 390. The van der Waals surface area contributed by atoms with E-state index < -0.39 is 4.83 Å². The van der Waals surface area contributed by atoms with E-state index in [4.69, 9.17) is 11.6 Å². The Morgan fingerprint density at radius 3 is 2.73 bits per heavy atom. The number of hydrogen-bond donors (Lipinski definition) is 0. The standard InChI is InChI=1S/C11H10BrClO2/c1-7(15)11(12)10-8(5-13)3-2-4-9(10)6-14/h2-4,6,11H,5H2,1H3. The predicted octanol–water partition coefficient (Wildman–Crippen LogP) is 3.26. The van der Waals surface area contributed by atoms with Crippen LogP contribution in [0.3, 0.4) is 0 Å². The summed E-state index contributed by atoms with van der Waals surface area (Å²) in [4.78, 5) is 21.7. The lowest BCUT2D eigenvalue weighted by atomic mass is 9.98. The largest absolute Gasteiger partial charge is 0.298 e. The third-order valence-corrected chi connectivity index (χ3v) is 3.50. The normalized spacial score (nSPS) is 12.2. The van der Waals surface area contributed by atoms with Crippen molar-refractivity contribution in [3.8, 4) is 0 Å². The predicted molar refractivity (Wildman–Crippen MR) is 63.7 cm³/mol. The Balaban J connectivity index is 3.33. The molecule has 0 aliphatic carbocycles. The summed E-state index contributed by atoms with van der Waals surface area (Å²) in [5.41, 5.74) is 1.98. The number of rotatable bonds is 4. The summed E-state index contributed by atoms with van der Waals surface area (Å²) in [5.74, 6) is 0.238. The number of hydrogen-bond acceptors (Lipinski definition) is 2. The Hall–Kier alpha value is -0.670. The van der Waals surface area contributed by atoms with Crippen molar-refractivity contribution in [2.75, 3.05) is 0 Å². The van der Waals surface area contributed by atoms with Crippen LogP contribution in [0.2, 0.25) is 0 Å². The molecule has 0 saturated heterocycles. The van der Waals surface area contributed by atoms with Crippen molar-refractivity contribution in [1.29, 1.82) is 0 Å². The highest BCUT2D eigenvalue weighted by Gasteiger charge is 2.19. The summed E-state index contributed by atoms with van der Waals surface area (Å²) in [6, 6.07) is 5.24. The zero-order chi connectivity index (χ0) is 11.4. The van der Waals surface area contributed by atoms with Gasteiger partial charge in [0.25, 0.3) is 0 Å². The van der Waals surface area contributed by atoms with Crippen molar-refractivity contribution >= 4 is 39.6 Å². The van der Waals surface area contributed by atoms with E-state index in [9.17, 15) is 9.59 Å². The lowest BCUT2D eigenvalue weighted by Gasteiger charge is -2.13. The monoisotopic (exact) mass is 288 g/mol. The van der Waals surface area contributed by atoms with E-state index in [0.29, 0.717) is 11.1 Å². The minimum absolute atomic E-state index is 0.0457. The van der Waals surface area contributed by atoms with Gasteiger partial charge in [0, 0.05) is 11.4 Å². The third-order valence-electron chi connectivity index (χ3n) is 2.11. The average Bonchev–Trinajstić information content (AvgIpc) is 2.26. The molecule has 80 valence electrons. The molecule has 0 aromatic heterocycles. The van der Waals surface area contributed by atoms with Gasteiger partial charge in [0.2, 0.25) is 0 Å². The SMILES string of the molecule is CC(=O)C(Br)c1c(C=O)cccc1CCl. The first-order valence-electron chi connectivity index (χ1n) is 4.39. The molecule has 1 aromatic carbocycles. The summed E-state index contributed by atoms with van der Waals surface area (Å²) in [6.07, 6.45) is 0.739. The van der Waals surface area contributed by atoms with E-state index in [1.54, 1.807) is 12.1 Å². The molecule has 0 N–H and O–H groups in total. The summed E-state index contributed by atoms with van der Waals surface area (Å²) in [5, 5.41) is 0.